The molecule has 1 saturated heterocycles. The van der Waals surface area contributed by atoms with Gasteiger partial charge in [0.1, 0.15) is 11.6 Å². The second-order valence-electron chi connectivity index (χ2n) is 5.40. The fourth-order valence-electron chi connectivity index (χ4n) is 2.48. The van der Waals surface area contributed by atoms with Gasteiger partial charge in [0.05, 0.1) is 6.54 Å². The SMILES string of the molecule is CC(Cc1c(F)cccc1F)NC(=O)CN1CCNCC1.Cl.Cl. The van der Waals surface area contributed by atoms with Crippen LogP contribution in [0.2, 0.25) is 0 Å². The van der Waals surface area contributed by atoms with E-state index in [1.807, 2.05) is 0 Å². The van der Waals surface area contributed by atoms with Crippen molar-refractivity contribution in [1.29, 1.82) is 0 Å². The first-order valence-corrected chi connectivity index (χ1v) is 7.21. The fourth-order valence-corrected chi connectivity index (χ4v) is 2.48. The van der Waals surface area contributed by atoms with Gasteiger partial charge in [-0.25, -0.2) is 8.78 Å². The maximum Gasteiger partial charge on any atom is 0.234 e. The van der Waals surface area contributed by atoms with Crippen LogP contribution >= 0.6 is 24.8 Å². The standard InChI is InChI=1S/C15H21F2N3O.2ClH/c1-11(9-12-13(16)3-2-4-14(12)17)19-15(21)10-20-7-5-18-6-8-20;;/h2-4,11,18H,5-10H2,1H3,(H,19,21);2*1H. The summed E-state index contributed by atoms with van der Waals surface area (Å²) in [6.07, 6.45) is 0.145. The molecule has 0 saturated carbocycles. The van der Waals surface area contributed by atoms with Crippen LogP contribution in [-0.4, -0.2) is 49.6 Å². The van der Waals surface area contributed by atoms with Gasteiger partial charge in [-0.2, -0.15) is 0 Å². The molecule has 1 atom stereocenters. The molecule has 0 radical (unpaired) electrons. The van der Waals surface area contributed by atoms with Crippen molar-refractivity contribution in [3.63, 3.8) is 0 Å². The highest BCUT2D eigenvalue weighted by Gasteiger charge is 2.17. The number of nitrogens with zero attached hydrogens (tertiary/aromatic N) is 1. The molecule has 0 aliphatic carbocycles. The third kappa shape index (κ3) is 6.99. The molecular weight excluding hydrogens is 347 g/mol. The van der Waals surface area contributed by atoms with Crippen molar-refractivity contribution in [1.82, 2.24) is 15.5 Å². The smallest absolute Gasteiger partial charge is 0.234 e. The quantitative estimate of drug-likeness (QED) is 0.831. The van der Waals surface area contributed by atoms with E-state index in [9.17, 15) is 13.6 Å². The van der Waals surface area contributed by atoms with Crippen molar-refractivity contribution in [3.05, 3.63) is 35.4 Å². The van der Waals surface area contributed by atoms with Crippen molar-refractivity contribution in [2.24, 2.45) is 0 Å². The van der Waals surface area contributed by atoms with Crippen molar-refractivity contribution < 1.29 is 13.6 Å². The summed E-state index contributed by atoms with van der Waals surface area (Å²) in [5.74, 6) is -1.25. The average Bonchev–Trinajstić information content (AvgIpc) is 2.44. The van der Waals surface area contributed by atoms with Crippen LogP contribution in [0.5, 0.6) is 0 Å². The predicted molar refractivity (Wildman–Crippen MR) is 91.5 cm³/mol. The fraction of sp³-hybridized carbons (Fsp3) is 0.533. The van der Waals surface area contributed by atoms with Gasteiger partial charge >= 0.3 is 0 Å². The molecule has 8 heteroatoms. The zero-order valence-electron chi connectivity index (χ0n) is 13.0. The Balaban J connectivity index is 0.00000242. The molecule has 1 aromatic carbocycles. The largest absolute Gasteiger partial charge is 0.352 e. The Morgan fingerprint density at radius 2 is 1.83 bits per heavy atom. The number of hydrogen-bond donors (Lipinski definition) is 2. The van der Waals surface area contributed by atoms with Crippen LogP contribution in [0.15, 0.2) is 18.2 Å². The highest BCUT2D eigenvalue weighted by Crippen LogP contribution is 2.14. The lowest BCUT2D eigenvalue weighted by Gasteiger charge is -2.27. The molecule has 132 valence electrons. The Hall–Kier alpha value is -0.950. The van der Waals surface area contributed by atoms with Crippen molar-refractivity contribution in [2.45, 2.75) is 19.4 Å². The summed E-state index contributed by atoms with van der Waals surface area (Å²) < 4.78 is 27.1. The first kappa shape index (κ1) is 22.1. The zero-order chi connectivity index (χ0) is 15.2. The van der Waals surface area contributed by atoms with Crippen molar-refractivity contribution in [2.75, 3.05) is 32.7 Å². The average molecular weight is 370 g/mol. The van der Waals surface area contributed by atoms with E-state index in [0.29, 0.717) is 6.54 Å². The summed E-state index contributed by atoms with van der Waals surface area (Å²) in [5, 5.41) is 6.01. The number of carbonyl (C=O) groups is 1. The first-order chi connectivity index (χ1) is 10.1. The molecule has 4 nitrogen and oxygen atoms in total. The summed E-state index contributed by atoms with van der Waals surface area (Å²) in [6, 6.07) is 3.48. The number of amides is 1. The molecule has 1 amide bonds. The van der Waals surface area contributed by atoms with Gasteiger partial charge in [0.25, 0.3) is 0 Å². The molecule has 23 heavy (non-hydrogen) atoms. The second-order valence-corrected chi connectivity index (χ2v) is 5.40. The Morgan fingerprint density at radius 3 is 2.39 bits per heavy atom. The maximum atomic E-state index is 13.6. The van der Waals surface area contributed by atoms with Gasteiger partial charge in [-0.05, 0) is 25.5 Å². The van der Waals surface area contributed by atoms with Crippen LogP contribution in [0, 0.1) is 11.6 Å². The highest BCUT2D eigenvalue weighted by molar-refractivity contribution is 5.85. The van der Waals surface area contributed by atoms with E-state index in [4.69, 9.17) is 0 Å². The number of halogens is 4. The third-order valence-corrected chi connectivity index (χ3v) is 3.56. The molecule has 2 N–H and O–H groups in total. The predicted octanol–water partition coefficient (Wildman–Crippen LogP) is 1.76. The lowest BCUT2D eigenvalue weighted by molar-refractivity contribution is -0.123. The van der Waals surface area contributed by atoms with Crippen LogP contribution in [0.25, 0.3) is 0 Å². The second kappa shape index (κ2) is 10.8. The van der Waals surface area contributed by atoms with Crippen molar-refractivity contribution in [3.8, 4) is 0 Å². The molecule has 1 unspecified atom stereocenters. The van der Waals surface area contributed by atoms with Crippen molar-refractivity contribution >= 4 is 30.7 Å². The van der Waals surface area contributed by atoms with E-state index < -0.39 is 11.6 Å². The molecule has 2 rings (SSSR count). The Morgan fingerprint density at radius 1 is 1.26 bits per heavy atom. The van der Waals surface area contributed by atoms with Crippen LogP contribution < -0.4 is 10.6 Å². The molecule has 1 fully saturated rings. The molecule has 1 heterocycles. The minimum absolute atomic E-state index is 0. The van der Waals surface area contributed by atoms with Gasteiger partial charge in [0.15, 0.2) is 0 Å². The van der Waals surface area contributed by atoms with Crippen LogP contribution in [0.4, 0.5) is 8.78 Å². The zero-order valence-corrected chi connectivity index (χ0v) is 14.6. The summed E-state index contributed by atoms with van der Waals surface area (Å²) in [5.41, 5.74) is 0.0208. The van der Waals surface area contributed by atoms with Crippen LogP contribution in [0.3, 0.4) is 0 Å². The van der Waals surface area contributed by atoms with Gasteiger partial charge in [0.2, 0.25) is 5.91 Å². The number of rotatable bonds is 5. The Kier molecular flexibility index (Phi) is 10.3. The van der Waals surface area contributed by atoms with E-state index in [2.05, 4.69) is 15.5 Å². The van der Waals surface area contributed by atoms with Gasteiger partial charge in [-0.15, -0.1) is 24.8 Å². The topological polar surface area (TPSA) is 44.4 Å². The van der Waals surface area contributed by atoms with Gasteiger partial charge in [0, 0.05) is 37.8 Å². The van der Waals surface area contributed by atoms with Gasteiger partial charge in [-0.1, -0.05) is 6.07 Å². The number of benzene rings is 1. The normalized spacial score (nSPS) is 16.0. The minimum atomic E-state index is -0.571. The van der Waals surface area contributed by atoms with E-state index in [-0.39, 0.29) is 48.7 Å². The molecule has 1 aliphatic heterocycles. The van der Waals surface area contributed by atoms with Gasteiger partial charge in [-0.3, -0.25) is 9.69 Å². The molecule has 0 spiro atoms. The highest BCUT2D eigenvalue weighted by atomic mass is 35.5. The first-order valence-electron chi connectivity index (χ1n) is 7.21. The summed E-state index contributed by atoms with van der Waals surface area (Å²) in [6.45, 7) is 5.51. The third-order valence-electron chi connectivity index (χ3n) is 3.56. The lowest BCUT2D eigenvalue weighted by atomic mass is 10.1. The minimum Gasteiger partial charge on any atom is -0.352 e. The maximum absolute atomic E-state index is 13.6. The van der Waals surface area contributed by atoms with Crippen LogP contribution in [0.1, 0.15) is 12.5 Å². The number of hydrogen-bond acceptors (Lipinski definition) is 3. The molecule has 0 aromatic heterocycles. The molecular formula is C15H23Cl2F2N3O. The van der Waals surface area contributed by atoms with E-state index >= 15 is 0 Å². The summed E-state index contributed by atoms with van der Waals surface area (Å²) >= 11 is 0. The number of piperazine rings is 1. The Bertz CT molecular complexity index is 479. The number of carbonyl (C=O) groups excluding carboxylic acids is 1. The monoisotopic (exact) mass is 369 g/mol. The summed E-state index contributed by atoms with van der Waals surface area (Å²) in [4.78, 5) is 14.0. The lowest BCUT2D eigenvalue weighted by Crippen LogP contribution is -2.48. The molecule has 0 bridgehead atoms. The van der Waals surface area contributed by atoms with Crippen LogP contribution in [-0.2, 0) is 11.2 Å². The van der Waals surface area contributed by atoms with E-state index in [1.165, 1.54) is 18.2 Å². The van der Waals surface area contributed by atoms with E-state index in [1.54, 1.807) is 6.92 Å². The summed E-state index contributed by atoms with van der Waals surface area (Å²) in [7, 11) is 0. The van der Waals surface area contributed by atoms with E-state index in [0.717, 1.165) is 26.2 Å². The Labute approximate surface area is 147 Å². The molecule has 1 aromatic rings. The van der Waals surface area contributed by atoms with Gasteiger partial charge < -0.3 is 10.6 Å². The number of nitrogens with one attached hydrogen (secondary N) is 2. The molecule has 1 aliphatic rings.